The fourth-order valence-corrected chi connectivity index (χ4v) is 2.28. The zero-order valence-corrected chi connectivity index (χ0v) is 8.91. The Labute approximate surface area is 87.4 Å². The molecular formula is C8H14N4O3. The molecular weight excluding hydrogens is 200 g/mol. The summed E-state index contributed by atoms with van der Waals surface area (Å²) in [6, 6.07) is -0.415. The topological polar surface area (TPSA) is 67.3 Å². The number of amides is 4. The fourth-order valence-electron chi connectivity index (χ4n) is 2.28. The molecule has 2 aliphatic rings. The van der Waals surface area contributed by atoms with Gasteiger partial charge in [0, 0.05) is 21.1 Å². The Bertz CT molecular complexity index is 321. The highest BCUT2D eigenvalue weighted by Crippen LogP contribution is 2.31. The lowest BCUT2D eigenvalue weighted by Gasteiger charge is -2.24. The summed E-state index contributed by atoms with van der Waals surface area (Å²) in [6.07, 6.45) is -0.716. The molecule has 7 heteroatoms. The number of rotatable bonds is 1. The van der Waals surface area contributed by atoms with E-state index in [4.69, 9.17) is 5.11 Å². The molecule has 2 rings (SSSR count). The number of nitrogens with zero attached hydrogens (tertiary/aromatic N) is 4. The quantitative estimate of drug-likeness (QED) is 0.606. The second kappa shape index (κ2) is 2.99. The predicted molar refractivity (Wildman–Crippen MR) is 50.6 cm³/mol. The highest BCUT2D eigenvalue weighted by molar-refractivity contribution is 5.84. The van der Waals surface area contributed by atoms with Crippen LogP contribution in [0.4, 0.5) is 9.59 Å². The molecule has 0 bridgehead atoms. The van der Waals surface area contributed by atoms with Crippen LogP contribution in [0.15, 0.2) is 0 Å². The lowest BCUT2D eigenvalue weighted by atomic mass is 10.4. The summed E-state index contributed by atoms with van der Waals surface area (Å²) in [6.45, 7) is -0.379. The molecule has 84 valence electrons. The van der Waals surface area contributed by atoms with Crippen LogP contribution in [-0.4, -0.2) is 77.0 Å². The first-order valence-corrected chi connectivity index (χ1v) is 4.64. The first-order chi connectivity index (χ1) is 7.00. The van der Waals surface area contributed by atoms with Gasteiger partial charge in [-0.2, -0.15) is 0 Å². The Morgan fingerprint density at radius 3 is 2.00 bits per heavy atom. The van der Waals surface area contributed by atoms with E-state index in [9.17, 15) is 9.59 Å². The highest BCUT2D eigenvalue weighted by Gasteiger charge is 2.55. The number of urea groups is 2. The molecule has 0 aromatic carbocycles. The van der Waals surface area contributed by atoms with Gasteiger partial charge < -0.3 is 19.8 Å². The van der Waals surface area contributed by atoms with Crippen LogP contribution < -0.4 is 0 Å². The molecule has 0 aromatic heterocycles. The third-order valence-electron chi connectivity index (χ3n) is 3.08. The van der Waals surface area contributed by atoms with Gasteiger partial charge in [0.05, 0.1) is 0 Å². The summed E-state index contributed by atoms with van der Waals surface area (Å²) >= 11 is 0. The van der Waals surface area contributed by atoms with Crippen LogP contribution in [-0.2, 0) is 0 Å². The van der Waals surface area contributed by atoms with Crippen molar-refractivity contribution < 1.29 is 14.7 Å². The van der Waals surface area contributed by atoms with Gasteiger partial charge in [-0.3, -0.25) is 4.90 Å². The molecule has 0 radical (unpaired) electrons. The Hall–Kier alpha value is -1.50. The van der Waals surface area contributed by atoms with Crippen LogP contribution >= 0.6 is 0 Å². The van der Waals surface area contributed by atoms with Gasteiger partial charge in [0.25, 0.3) is 0 Å². The lowest BCUT2D eigenvalue weighted by Crippen LogP contribution is -2.44. The van der Waals surface area contributed by atoms with Crippen LogP contribution in [0.25, 0.3) is 0 Å². The molecule has 2 fully saturated rings. The maximum atomic E-state index is 11.7. The zero-order valence-electron chi connectivity index (χ0n) is 8.91. The molecule has 2 aliphatic heterocycles. The number of fused-ring (bicyclic) bond motifs is 1. The van der Waals surface area contributed by atoms with Crippen LogP contribution in [0.3, 0.4) is 0 Å². The van der Waals surface area contributed by atoms with Crippen molar-refractivity contribution in [1.29, 1.82) is 0 Å². The molecule has 0 spiro atoms. The molecule has 0 saturated carbocycles. The van der Waals surface area contributed by atoms with Gasteiger partial charge in [0.1, 0.15) is 12.9 Å². The number of carbonyl (C=O) groups is 2. The zero-order chi connectivity index (χ0) is 11.3. The van der Waals surface area contributed by atoms with Crippen molar-refractivity contribution in [3.8, 4) is 0 Å². The summed E-state index contributed by atoms with van der Waals surface area (Å²) in [4.78, 5) is 29.0. The third-order valence-corrected chi connectivity index (χ3v) is 3.08. The smallest absolute Gasteiger partial charge is 0.325 e. The van der Waals surface area contributed by atoms with E-state index in [0.29, 0.717) is 0 Å². The van der Waals surface area contributed by atoms with Crippen LogP contribution in [0.2, 0.25) is 0 Å². The Morgan fingerprint density at radius 1 is 1.00 bits per heavy atom. The van der Waals surface area contributed by atoms with Gasteiger partial charge >= 0.3 is 12.1 Å². The molecule has 2 saturated heterocycles. The average Bonchev–Trinajstić information content (AvgIpc) is 2.59. The number of hydrogen-bond donors (Lipinski definition) is 1. The van der Waals surface area contributed by atoms with Gasteiger partial charge in [-0.1, -0.05) is 0 Å². The molecule has 2 heterocycles. The molecule has 2 atom stereocenters. The first-order valence-electron chi connectivity index (χ1n) is 4.64. The van der Waals surface area contributed by atoms with E-state index in [1.54, 1.807) is 21.1 Å². The van der Waals surface area contributed by atoms with E-state index in [1.807, 2.05) is 0 Å². The first kappa shape index (κ1) is 10.0. The minimum Gasteiger partial charge on any atom is -0.376 e. The molecule has 1 N–H and O–H groups in total. The summed E-state index contributed by atoms with van der Waals surface area (Å²) in [5.74, 6) is 0. The summed E-state index contributed by atoms with van der Waals surface area (Å²) in [7, 11) is 4.89. The van der Waals surface area contributed by atoms with Crippen molar-refractivity contribution in [2.75, 3.05) is 27.9 Å². The van der Waals surface area contributed by atoms with E-state index in [0.717, 1.165) is 0 Å². The van der Waals surface area contributed by atoms with Crippen LogP contribution in [0.1, 0.15) is 0 Å². The Kier molecular flexibility index (Phi) is 2.00. The van der Waals surface area contributed by atoms with E-state index in [2.05, 4.69) is 0 Å². The van der Waals surface area contributed by atoms with Crippen molar-refractivity contribution in [3.63, 3.8) is 0 Å². The van der Waals surface area contributed by atoms with Crippen molar-refractivity contribution in [2.45, 2.75) is 12.3 Å². The third kappa shape index (κ3) is 1.03. The molecule has 0 aromatic rings. The fraction of sp³-hybridized carbons (Fsp3) is 0.750. The van der Waals surface area contributed by atoms with Gasteiger partial charge in [-0.25, -0.2) is 9.59 Å². The molecule has 7 nitrogen and oxygen atoms in total. The predicted octanol–water partition coefficient (Wildman–Crippen LogP) is -1.05. The summed E-state index contributed by atoms with van der Waals surface area (Å²) < 4.78 is 0. The average molecular weight is 214 g/mol. The SMILES string of the molecule is CN1C(=O)N(C)[C@@H]2[C@@H]1N(C)C(=O)N2CO. The Morgan fingerprint density at radius 2 is 1.47 bits per heavy atom. The molecule has 4 amide bonds. The normalized spacial score (nSPS) is 30.7. The summed E-state index contributed by atoms with van der Waals surface area (Å²) in [5, 5.41) is 9.11. The maximum Gasteiger partial charge on any atom is 0.325 e. The number of hydrogen-bond acceptors (Lipinski definition) is 3. The van der Waals surface area contributed by atoms with E-state index in [-0.39, 0.29) is 25.0 Å². The van der Waals surface area contributed by atoms with Gasteiger partial charge in [0.15, 0.2) is 6.17 Å². The van der Waals surface area contributed by atoms with Gasteiger partial charge in [0.2, 0.25) is 0 Å². The number of aliphatic hydroxyl groups is 1. The van der Waals surface area contributed by atoms with Gasteiger partial charge in [-0.05, 0) is 0 Å². The largest absolute Gasteiger partial charge is 0.376 e. The number of likely N-dealkylation sites (N-methyl/N-ethyl adjacent to an activating group) is 3. The van der Waals surface area contributed by atoms with E-state index < -0.39 is 6.17 Å². The molecule has 0 aliphatic carbocycles. The van der Waals surface area contributed by atoms with Crippen LogP contribution in [0.5, 0.6) is 0 Å². The maximum absolute atomic E-state index is 11.7. The second-order valence-electron chi connectivity index (χ2n) is 3.84. The van der Waals surface area contributed by atoms with E-state index >= 15 is 0 Å². The van der Waals surface area contributed by atoms with Crippen molar-refractivity contribution in [2.24, 2.45) is 0 Å². The van der Waals surface area contributed by atoms with E-state index in [1.165, 1.54) is 19.6 Å². The highest BCUT2D eigenvalue weighted by atomic mass is 16.3. The number of carbonyl (C=O) groups excluding carboxylic acids is 2. The van der Waals surface area contributed by atoms with Gasteiger partial charge in [-0.15, -0.1) is 0 Å². The lowest BCUT2D eigenvalue weighted by molar-refractivity contribution is 0.0707. The summed E-state index contributed by atoms with van der Waals surface area (Å²) in [5.41, 5.74) is 0. The minimum atomic E-state index is -0.398. The van der Waals surface area contributed by atoms with Crippen molar-refractivity contribution in [1.82, 2.24) is 19.6 Å². The monoisotopic (exact) mass is 214 g/mol. The minimum absolute atomic E-state index is 0.150. The standard InChI is InChI=1S/C8H14N4O3/c1-9-5-6(11(3)7(9)14)12(4-13)8(15)10(5)2/h5-6,13H,4H2,1-3H3/t5-,6-/m0/s1. The van der Waals surface area contributed by atoms with Crippen LogP contribution in [0, 0.1) is 0 Å². The second-order valence-corrected chi connectivity index (χ2v) is 3.84. The molecule has 0 unspecified atom stereocenters. The molecule has 15 heavy (non-hydrogen) atoms. The Balaban J connectivity index is 2.38. The van der Waals surface area contributed by atoms with Crippen molar-refractivity contribution in [3.05, 3.63) is 0 Å². The number of aliphatic hydroxyl groups excluding tert-OH is 1. The van der Waals surface area contributed by atoms with Crippen molar-refractivity contribution >= 4 is 12.1 Å².